The topological polar surface area (TPSA) is 100 Å². The Bertz CT molecular complexity index is 1850. The summed E-state index contributed by atoms with van der Waals surface area (Å²) in [4.78, 5) is 19.0. The van der Waals surface area contributed by atoms with Crippen LogP contribution in [0.3, 0.4) is 0 Å². The zero-order valence-electron chi connectivity index (χ0n) is 20.9. The molecule has 0 saturated heterocycles. The SMILES string of the molecule is C/C(=N\Nc1nc2cc(Cl)cc(-c3cc4c(N/N=C(\C)c5ccccn5)nccc4s3)c2s1)c1ccccn1. The van der Waals surface area contributed by atoms with E-state index < -0.39 is 0 Å². The highest BCUT2D eigenvalue weighted by atomic mass is 35.5. The van der Waals surface area contributed by atoms with Crippen molar-refractivity contribution in [3.8, 4) is 10.4 Å². The summed E-state index contributed by atoms with van der Waals surface area (Å²) in [6.45, 7) is 3.82. The van der Waals surface area contributed by atoms with Gasteiger partial charge in [0.05, 0.1) is 33.0 Å². The fraction of sp³-hybridized carbons (Fsp3) is 0.0714. The Morgan fingerprint density at radius 2 is 1.51 bits per heavy atom. The molecule has 0 atom stereocenters. The minimum atomic E-state index is 0.618. The number of nitrogens with one attached hydrogen (secondary N) is 2. The third-order valence-corrected chi connectivity index (χ3v) is 8.25. The summed E-state index contributed by atoms with van der Waals surface area (Å²) in [6.07, 6.45) is 5.27. The van der Waals surface area contributed by atoms with Gasteiger partial charge in [-0.05, 0) is 62.4 Å². The molecule has 0 aliphatic rings. The molecular formula is C28H21ClN8S2. The van der Waals surface area contributed by atoms with Crippen molar-refractivity contribution in [2.75, 3.05) is 10.9 Å². The molecule has 6 rings (SSSR count). The lowest BCUT2D eigenvalue weighted by Gasteiger charge is -2.03. The lowest BCUT2D eigenvalue weighted by atomic mass is 10.1. The van der Waals surface area contributed by atoms with Gasteiger partial charge in [0.25, 0.3) is 0 Å². The first-order valence-corrected chi connectivity index (χ1v) is 14.0. The summed E-state index contributed by atoms with van der Waals surface area (Å²) in [6, 6.07) is 19.4. The smallest absolute Gasteiger partial charge is 0.204 e. The number of fused-ring (bicyclic) bond motifs is 2. The van der Waals surface area contributed by atoms with E-state index in [0.29, 0.717) is 16.0 Å². The van der Waals surface area contributed by atoms with E-state index in [4.69, 9.17) is 16.6 Å². The zero-order valence-corrected chi connectivity index (χ0v) is 23.3. The highest BCUT2D eigenvalue weighted by Crippen LogP contribution is 2.43. The molecule has 1 aromatic carbocycles. The largest absolute Gasteiger partial charge is 0.261 e. The number of hydrazone groups is 2. The molecule has 0 aliphatic carbocycles. The van der Waals surface area contributed by atoms with Gasteiger partial charge in [-0.2, -0.15) is 10.2 Å². The quantitative estimate of drug-likeness (QED) is 0.151. The molecule has 0 spiro atoms. The first-order valence-electron chi connectivity index (χ1n) is 12.0. The molecule has 0 fully saturated rings. The number of thiophene rings is 1. The van der Waals surface area contributed by atoms with Crippen LogP contribution in [0, 0.1) is 0 Å². The average molecular weight is 569 g/mol. The number of hydrogen-bond acceptors (Lipinski definition) is 10. The van der Waals surface area contributed by atoms with Crippen molar-refractivity contribution < 1.29 is 0 Å². The zero-order chi connectivity index (χ0) is 26.8. The first kappa shape index (κ1) is 25.1. The van der Waals surface area contributed by atoms with E-state index in [9.17, 15) is 0 Å². The summed E-state index contributed by atoms with van der Waals surface area (Å²) in [7, 11) is 0. The molecule has 5 aromatic heterocycles. The first-order chi connectivity index (χ1) is 19.0. The van der Waals surface area contributed by atoms with Crippen LogP contribution in [0.25, 0.3) is 30.7 Å². The van der Waals surface area contributed by atoms with Crippen LogP contribution in [-0.2, 0) is 0 Å². The van der Waals surface area contributed by atoms with Crippen molar-refractivity contribution in [2.45, 2.75) is 13.8 Å². The van der Waals surface area contributed by atoms with Crippen molar-refractivity contribution in [2.24, 2.45) is 10.2 Å². The van der Waals surface area contributed by atoms with Gasteiger partial charge >= 0.3 is 0 Å². The van der Waals surface area contributed by atoms with Crippen LogP contribution in [0.1, 0.15) is 25.2 Å². The maximum Gasteiger partial charge on any atom is 0.204 e. The number of thiazole rings is 1. The van der Waals surface area contributed by atoms with Gasteiger partial charge in [0.15, 0.2) is 5.82 Å². The Hall–Kier alpha value is -4.25. The van der Waals surface area contributed by atoms with Gasteiger partial charge in [-0.25, -0.2) is 9.97 Å². The third-order valence-electron chi connectivity index (χ3n) is 5.89. The molecule has 8 nitrogen and oxygen atoms in total. The summed E-state index contributed by atoms with van der Waals surface area (Å²) < 4.78 is 2.10. The number of anilines is 2. The van der Waals surface area contributed by atoms with Crippen LogP contribution in [0.4, 0.5) is 10.9 Å². The lowest BCUT2D eigenvalue weighted by molar-refractivity contribution is 1.22. The molecule has 2 N–H and O–H groups in total. The molecular weight excluding hydrogens is 548 g/mol. The molecule has 5 heterocycles. The maximum absolute atomic E-state index is 6.53. The number of aromatic nitrogens is 4. The minimum Gasteiger partial charge on any atom is -0.261 e. The Morgan fingerprint density at radius 1 is 0.795 bits per heavy atom. The molecule has 192 valence electrons. The van der Waals surface area contributed by atoms with Crippen LogP contribution in [0.15, 0.2) is 89.5 Å². The molecule has 0 saturated carbocycles. The van der Waals surface area contributed by atoms with Crippen LogP contribution in [0.2, 0.25) is 5.02 Å². The van der Waals surface area contributed by atoms with Crippen molar-refractivity contribution in [1.29, 1.82) is 0 Å². The van der Waals surface area contributed by atoms with Gasteiger partial charge in [-0.3, -0.25) is 20.8 Å². The maximum atomic E-state index is 6.53. The monoisotopic (exact) mass is 568 g/mol. The van der Waals surface area contributed by atoms with E-state index in [1.165, 1.54) is 11.3 Å². The summed E-state index contributed by atoms with van der Waals surface area (Å²) in [5.41, 5.74) is 11.2. The van der Waals surface area contributed by atoms with E-state index in [1.807, 2.05) is 68.4 Å². The molecule has 39 heavy (non-hydrogen) atoms. The molecule has 0 amide bonds. The van der Waals surface area contributed by atoms with Gasteiger partial charge in [-0.1, -0.05) is 35.1 Å². The number of halogens is 1. The summed E-state index contributed by atoms with van der Waals surface area (Å²) >= 11 is 9.72. The normalized spacial score (nSPS) is 12.3. The second-order valence-corrected chi connectivity index (χ2v) is 11.1. The lowest BCUT2D eigenvalue weighted by Crippen LogP contribution is -2.02. The highest BCUT2D eigenvalue weighted by molar-refractivity contribution is 7.25. The fourth-order valence-corrected chi connectivity index (χ4v) is 6.22. The Labute approximate surface area is 237 Å². The van der Waals surface area contributed by atoms with Gasteiger partial charge in [0.2, 0.25) is 5.13 Å². The van der Waals surface area contributed by atoms with Crippen LogP contribution in [-0.4, -0.2) is 31.4 Å². The van der Waals surface area contributed by atoms with Crippen molar-refractivity contribution in [1.82, 2.24) is 19.9 Å². The second kappa shape index (κ2) is 10.9. The molecule has 11 heteroatoms. The van der Waals surface area contributed by atoms with Gasteiger partial charge in [-0.15, -0.1) is 11.3 Å². The minimum absolute atomic E-state index is 0.618. The molecule has 0 radical (unpaired) electrons. The van der Waals surface area contributed by atoms with Crippen LogP contribution >= 0.6 is 34.3 Å². The number of hydrogen-bond donors (Lipinski definition) is 2. The third kappa shape index (κ3) is 5.35. The second-order valence-electron chi connectivity index (χ2n) is 8.55. The Morgan fingerprint density at radius 3 is 2.21 bits per heavy atom. The highest BCUT2D eigenvalue weighted by Gasteiger charge is 2.16. The standard InChI is InChI=1S/C28H21ClN8S2/c1-16(21-7-3-5-10-30-21)34-36-27-20-15-25(38-24(20)9-12-32-27)19-13-18(29)14-23-26(19)39-28(33-23)37-35-17(2)22-8-4-6-11-31-22/h3-15H,1-2H3,(H,32,36)(H,33,37)/b34-16+,35-17+. The fourth-order valence-electron chi connectivity index (χ4n) is 3.95. The van der Waals surface area contributed by atoms with Crippen LogP contribution < -0.4 is 10.9 Å². The Kier molecular flexibility index (Phi) is 6.97. The van der Waals surface area contributed by atoms with Gasteiger partial charge in [0, 0.05) is 44.1 Å². The molecule has 0 bridgehead atoms. The van der Waals surface area contributed by atoms with Crippen molar-refractivity contribution in [3.63, 3.8) is 0 Å². The molecule has 0 aliphatic heterocycles. The number of nitrogens with zero attached hydrogens (tertiary/aromatic N) is 6. The summed E-state index contributed by atoms with van der Waals surface area (Å²) in [5, 5.41) is 11.3. The summed E-state index contributed by atoms with van der Waals surface area (Å²) in [5.74, 6) is 0.676. The Balaban J connectivity index is 1.33. The van der Waals surface area contributed by atoms with Crippen molar-refractivity contribution in [3.05, 3.63) is 95.7 Å². The van der Waals surface area contributed by atoms with E-state index >= 15 is 0 Å². The van der Waals surface area contributed by atoms with E-state index in [1.54, 1.807) is 29.9 Å². The number of rotatable bonds is 7. The predicted octanol–water partition coefficient (Wildman–Crippen LogP) is 7.69. The van der Waals surface area contributed by atoms with Crippen molar-refractivity contribution >= 4 is 77.0 Å². The van der Waals surface area contributed by atoms with Gasteiger partial charge < -0.3 is 0 Å². The predicted molar refractivity (Wildman–Crippen MR) is 163 cm³/mol. The van der Waals surface area contributed by atoms with Gasteiger partial charge in [0.1, 0.15) is 0 Å². The van der Waals surface area contributed by atoms with E-state index in [-0.39, 0.29) is 0 Å². The van der Waals surface area contributed by atoms with Crippen LogP contribution in [0.5, 0.6) is 0 Å². The van der Waals surface area contributed by atoms with E-state index in [0.717, 1.165) is 53.6 Å². The number of pyridine rings is 3. The molecule has 6 aromatic rings. The number of benzene rings is 1. The molecule has 0 unspecified atom stereocenters. The average Bonchev–Trinajstić information content (AvgIpc) is 3.59. The van der Waals surface area contributed by atoms with E-state index in [2.05, 4.69) is 42.1 Å².